The Bertz CT molecular complexity index is 329. The number of hydrogen-bond acceptors (Lipinski definition) is 3. The van der Waals surface area contributed by atoms with Crippen LogP contribution < -0.4 is 4.90 Å². The van der Waals surface area contributed by atoms with Crippen molar-refractivity contribution in [3.8, 4) is 0 Å². The van der Waals surface area contributed by atoms with Crippen molar-refractivity contribution in [1.29, 1.82) is 0 Å². The molecule has 0 amide bonds. The van der Waals surface area contributed by atoms with Gasteiger partial charge in [-0.15, -0.1) is 0 Å². The van der Waals surface area contributed by atoms with Gasteiger partial charge in [0.05, 0.1) is 0 Å². The SMILES string of the molecule is CC(=O)c1c[se]c(N2CCCCC2)n1. The maximum atomic E-state index is 11.1. The van der Waals surface area contributed by atoms with E-state index in [0.29, 0.717) is 20.2 Å². The molecule has 0 bridgehead atoms. The van der Waals surface area contributed by atoms with Gasteiger partial charge in [-0.25, -0.2) is 0 Å². The molecular formula is C10H14N2OSe. The van der Waals surface area contributed by atoms with Gasteiger partial charge < -0.3 is 0 Å². The molecule has 0 aliphatic carbocycles. The third-order valence-corrected chi connectivity index (χ3v) is 4.37. The van der Waals surface area contributed by atoms with Crippen molar-refractivity contribution in [3.63, 3.8) is 0 Å². The van der Waals surface area contributed by atoms with Crippen molar-refractivity contribution in [2.75, 3.05) is 18.0 Å². The van der Waals surface area contributed by atoms with Gasteiger partial charge in [0.2, 0.25) is 0 Å². The van der Waals surface area contributed by atoms with Crippen LogP contribution in [0.5, 0.6) is 0 Å². The zero-order valence-corrected chi connectivity index (χ0v) is 10.0. The standard InChI is InChI=1S/C10H14N2OSe/c1-8(13)9-7-14-10(11-9)12-5-3-2-4-6-12/h7H,2-6H2,1H3. The summed E-state index contributed by atoms with van der Waals surface area (Å²) in [6.45, 7) is 3.84. The van der Waals surface area contributed by atoms with Gasteiger partial charge in [-0.1, -0.05) is 0 Å². The minimum absolute atomic E-state index is 0.0962. The topological polar surface area (TPSA) is 33.2 Å². The molecule has 1 saturated heterocycles. The van der Waals surface area contributed by atoms with Crippen LogP contribution in [0.4, 0.5) is 4.69 Å². The molecule has 0 saturated carbocycles. The summed E-state index contributed by atoms with van der Waals surface area (Å²) in [5, 5.41) is 0. The van der Waals surface area contributed by atoms with E-state index in [0.717, 1.165) is 17.8 Å². The molecule has 1 aromatic rings. The summed E-state index contributed by atoms with van der Waals surface area (Å²) in [5.74, 6) is 0.0962. The number of nitrogens with zero attached hydrogens (tertiary/aromatic N) is 2. The molecule has 0 aromatic carbocycles. The number of ketones is 1. The van der Waals surface area contributed by atoms with E-state index in [4.69, 9.17) is 0 Å². The fourth-order valence-corrected chi connectivity index (χ4v) is 3.58. The third kappa shape index (κ3) is 2.07. The van der Waals surface area contributed by atoms with Crippen molar-refractivity contribution in [1.82, 2.24) is 4.98 Å². The van der Waals surface area contributed by atoms with E-state index in [1.54, 1.807) is 6.92 Å². The van der Waals surface area contributed by atoms with Gasteiger partial charge in [-0.05, 0) is 0 Å². The fraction of sp³-hybridized carbons (Fsp3) is 0.600. The van der Waals surface area contributed by atoms with Gasteiger partial charge in [0, 0.05) is 0 Å². The van der Waals surface area contributed by atoms with E-state index in [1.165, 1.54) is 19.3 Å². The fourth-order valence-electron chi connectivity index (χ4n) is 1.66. The number of Topliss-reactive ketones (excluding diaryl/α,β-unsaturated/α-hetero) is 1. The van der Waals surface area contributed by atoms with Crippen LogP contribution in [0.3, 0.4) is 0 Å². The van der Waals surface area contributed by atoms with Crippen molar-refractivity contribution < 1.29 is 4.79 Å². The molecule has 0 unspecified atom stereocenters. The van der Waals surface area contributed by atoms with Crippen LogP contribution in [-0.4, -0.2) is 38.4 Å². The van der Waals surface area contributed by atoms with Crippen LogP contribution >= 0.6 is 0 Å². The van der Waals surface area contributed by atoms with E-state index in [9.17, 15) is 4.79 Å². The van der Waals surface area contributed by atoms with Crippen LogP contribution in [0.1, 0.15) is 36.7 Å². The summed E-state index contributed by atoms with van der Waals surface area (Å²) in [6, 6.07) is 0. The summed E-state index contributed by atoms with van der Waals surface area (Å²) >= 11 is 0.290. The number of piperidine rings is 1. The quantitative estimate of drug-likeness (QED) is 0.592. The maximum absolute atomic E-state index is 11.1. The second kappa shape index (κ2) is 4.28. The first-order valence-corrected chi connectivity index (χ1v) is 6.83. The average molecular weight is 257 g/mol. The number of rotatable bonds is 2. The summed E-state index contributed by atoms with van der Waals surface area (Å²) in [5.41, 5.74) is 0.672. The monoisotopic (exact) mass is 258 g/mol. The summed E-state index contributed by atoms with van der Waals surface area (Å²) in [7, 11) is 0. The Hall–Kier alpha value is -0.601. The third-order valence-electron chi connectivity index (χ3n) is 2.48. The number of hydrogen-bond donors (Lipinski definition) is 0. The molecule has 2 heterocycles. The Morgan fingerprint density at radius 2 is 2.14 bits per heavy atom. The molecular weight excluding hydrogens is 243 g/mol. The molecule has 1 aliphatic heterocycles. The van der Waals surface area contributed by atoms with Crippen LogP contribution in [0, 0.1) is 0 Å². The van der Waals surface area contributed by atoms with Crippen LogP contribution in [0.2, 0.25) is 0 Å². The van der Waals surface area contributed by atoms with Crippen molar-refractivity contribution >= 4 is 25.0 Å². The predicted octanol–water partition coefficient (Wildman–Crippen LogP) is 1.33. The van der Waals surface area contributed by atoms with Gasteiger partial charge in [-0.2, -0.15) is 0 Å². The molecule has 2 rings (SSSR count). The second-order valence-corrected chi connectivity index (χ2v) is 5.37. The Morgan fingerprint density at radius 3 is 2.71 bits per heavy atom. The zero-order chi connectivity index (χ0) is 9.97. The van der Waals surface area contributed by atoms with Gasteiger partial charge in [0.15, 0.2) is 0 Å². The second-order valence-electron chi connectivity index (χ2n) is 3.62. The van der Waals surface area contributed by atoms with Crippen LogP contribution in [0.15, 0.2) is 4.94 Å². The number of carbonyl (C=O) groups is 1. The first-order chi connectivity index (χ1) is 6.77. The van der Waals surface area contributed by atoms with Gasteiger partial charge >= 0.3 is 89.6 Å². The van der Waals surface area contributed by atoms with Gasteiger partial charge in [0.1, 0.15) is 0 Å². The van der Waals surface area contributed by atoms with E-state index in [1.807, 2.05) is 4.94 Å². The number of aromatic nitrogens is 1. The van der Waals surface area contributed by atoms with Crippen LogP contribution in [0.25, 0.3) is 0 Å². The molecule has 1 aromatic heterocycles. The molecule has 0 spiro atoms. The summed E-state index contributed by atoms with van der Waals surface area (Å²) < 4.78 is 1.16. The zero-order valence-electron chi connectivity index (χ0n) is 8.32. The molecule has 4 heteroatoms. The Balaban J connectivity index is 2.11. The molecule has 76 valence electrons. The Kier molecular flexibility index (Phi) is 3.04. The molecule has 14 heavy (non-hydrogen) atoms. The normalized spacial score (nSPS) is 17.1. The molecule has 3 nitrogen and oxygen atoms in total. The molecule has 0 N–H and O–H groups in total. The predicted molar refractivity (Wildman–Crippen MR) is 57.2 cm³/mol. The minimum atomic E-state index is 0.0962. The van der Waals surface area contributed by atoms with Crippen molar-refractivity contribution in [2.45, 2.75) is 26.2 Å². The number of carbonyl (C=O) groups excluding carboxylic acids is 1. The Labute approximate surface area is 89.9 Å². The van der Waals surface area contributed by atoms with Gasteiger partial charge in [-0.3, -0.25) is 0 Å². The molecule has 1 aliphatic rings. The van der Waals surface area contributed by atoms with E-state index in [-0.39, 0.29) is 5.78 Å². The molecule has 0 radical (unpaired) electrons. The summed E-state index contributed by atoms with van der Waals surface area (Å²) in [6.07, 6.45) is 3.87. The van der Waals surface area contributed by atoms with E-state index in [2.05, 4.69) is 9.88 Å². The number of anilines is 1. The van der Waals surface area contributed by atoms with E-state index < -0.39 is 0 Å². The van der Waals surface area contributed by atoms with Gasteiger partial charge in [0.25, 0.3) is 0 Å². The average Bonchev–Trinajstić information content (AvgIpc) is 2.68. The van der Waals surface area contributed by atoms with Crippen molar-refractivity contribution in [2.24, 2.45) is 0 Å². The Morgan fingerprint density at radius 1 is 1.43 bits per heavy atom. The summed E-state index contributed by atoms with van der Waals surface area (Å²) in [4.78, 5) is 19.8. The molecule has 0 atom stereocenters. The molecule has 1 fully saturated rings. The van der Waals surface area contributed by atoms with Crippen molar-refractivity contribution in [3.05, 3.63) is 10.6 Å². The first kappa shape index (κ1) is 9.94. The first-order valence-electron chi connectivity index (χ1n) is 4.99. The van der Waals surface area contributed by atoms with Crippen LogP contribution in [-0.2, 0) is 0 Å². The van der Waals surface area contributed by atoms with E-state index >= 15 is 0 Å².